The topological polar surface area (TPSA) is 50.7 Å². The Hall–Kier alpha value is -1.10. The lowest BCUT2D eigenvalue weighted by atomic mass is 10.2. The molecule has 1 aromatic rings. The van der Waals surface area contributed by atoms with Gasteiger partial charge in [0.05, 0.1) is 13.2 Å². The lowest BCUT2D eigenvalue weighted by molar-refractivity contribution is 0.199. The zero-order valence-electron chi connectivity index (χ0n) is 12.4. The minimum absolute atomic E-state index is 0.291. The molecule has 0 aliphatic heterocycles. The van der Waals surface area contributed by atoms with Crippen LogP contribution in [0.4, 0.5) is 0 Å². The minimum Gasteiger partial charge on any atom is -0.494 e. The van der Waals surface area contributed by atoms with Gasteiger partial charge >= 0.3 is 0 Å². The fourth-order valence-corrected chi connectivity index (χ4v) is 1.91. The summed E-state index contributed by atoms with van der Waals surface area (Å²) in [5.41, 5.74) is 1.22. The Morgan fingerprint density at radius 2 is 1.95 bits per heavy atom. The summed E-state index contributed by atoms with van der Waals surface area (Å²) in [6.45, 7) is 3.44. The molecule has 0 saturated heterocycles. The molecular weight excluding hydrogens is 254 g/mol. The van der Waals surface area contributed by atoms with Crippen LogP contribution in [0.2, 0.25) is 0 Å². The standard InChI is InChI=1S/C16H27NO3/c1-19-12-9-17-14-15-7-6-8-16(13-15)20-11-5-3-2-4-10-18/h6-8,13,17-18H,2-5,9-12,14H2,1H3. The highest BCUT2D eigenvalue weighted by Crippen LogP contribution is 2.14. The second-order valence-electron chi connectivity index (χ2n) is 4.80. The normalized spacial score (nSPS) is 10.7. The van der Waals surface area contributed by atoms with Crippen LogP contribution in [0.3, 0.4) is 0 Å². The Labute approximate surface area is 122 Å². The molecule has 0 fully saturated rings. The smallest absolute Gasteiger partial charge is 0.119 e. The summed E-state index contributed by atoms with van der Waals surface area (Å²) >= 11 is 0. The summed E-state index contributed by atoms with van der Waals surface area (Å²) in [6.07, 6.45) is 4.11. The average molecular weight is 281 g/mol. The molecule has 0 atom stereocenters. The second-order valence-corrected chi connectivity index (χ2v) is 4.80. The molecule has 114 valence electrons. The van der Waals surface area contributed by atoms with Gasteiger partial charge in [0.2, 0.25) is 0 Å². The van der Waals surface area contributed by atoms with Gasteiger partial charge in [-0.1, -0.05) is 18.6 Å². The van der Waals surface area contributed by atoms with E-state index < -0.39 is 0 Å². The van der Waals surface area contributed by atoms with Crippen molar-refractivity contribution in [1.82, 2.24) is 5.32 Å². The van der Waals surface area contributed by atoms with Crippen molar-refractivity contribution in [2.75, 3.05) is 33.5 Å². The number of methoxy groups -OCH3 is 1. The molecule has 0 spiro atoms. The van der Waals surface area contributed by atoms with E-state index in [9.17, 15) is 0 Å². The summed E-state index contributed by atoms with van der Waals surface area (Å²) in [5, 5.41) is 12.0. The van der Waals surface area contributed by atoms with Gasteiger partial charge in [0.15, 0.2) is 0 Å². The van der Waals surface area contributed by atoms with Crippen LogP contribution in [0.1, 0.15) is 31.2 Å². The lowest BCUT2D eigenvalue weighted by Gasteiger charge is -2.09. The van der Waals surface area contributed by atoms with Gasteiger partial charge in [-0.3, -0.25) is 0 Å². The van der Waals surface area contributed by atoms with Gasteiger partial charge in [-0.15, -0.1) is 0 Å². The van der Waals surface area contributed by atoms with E-state index in [1.54, 1.807) is 7.11 Å². The monoisotopic (exact) mass is 281 g/mol. The number of hydrogen-bond donors (Lipinski definition) is 2. The predicted molar refractivity (Wildman–Crippen MR) is 81.1 cm³/mol. The third kappa shape index (κ3) is 8.15. The molecule has 2 N–H and O–H groups in total. The summed E-state index contributed by atoms with van der Waals surface area (Å²) in [4.78, 5) is 0. The predicted octanol–water partition coefficient (Wildman–Crippen LogP) is 2.35. The number of unbranched alkanes of at least 4 members (excludes halogenated alkanes) is 3. The Balaban J connectivity index is 2.18. The second kappa shape index (κ2) is 11.7. The van der Waals surface area contributed by atoms with E-state index in [0.29, 0.717) is 6.61 Å². The van der Waals surface area contributed by atoms with Gasteiger partial charge in [0.25, 0.3) is 0 Å². The lowest BCUT2D eigenvalue weighted by Crippen LogP contribution is -2.18. The van der Waals surface area contributed by atoms with Crippen LogP contribution in [0, 0.1) is 0 Å². The third-order valence-electron chi connectivity index (χ3n) is 3.03. The molecule has 0 heterocycles. The van der Waals surface area contributed by atoms with Crippen molar-refractivity contribution in [2.45, 2.75) is 32.2 Å². The van der Waals surface area contributed by atoms with Gasteiger partial charge in [-0.05, 0) is 37.0 Å². The van der Waals surface area contributed by atoms with Crippen molar-refractivity contribution in [2.24, 2.45) is 0 Å². The van der Waals surface area contributed by atoms with E-state index in [-0.39, 0.29) is 0 Å². The first-order valence-corrected chi connectivity index (χ1v) is 7.39. The average Bonchev–Trinajstić information content (AvgIpc) is 2.48. The Bertz CT molecular complexity index is 344. The molecule has 0 radical (unpaired) electrons. The van der Waals surface area contributed by atoms with E-state index in [2.05, 4.69) is 17.4 Å². The van der Waals surface area contributed by atoms with Crippen LogP contribution >= 0.6 is 0 Å². The highest BCUT2D eigenvalue weighted by molar-refractivity contribution is 5.28. The number of aliphatic hydroxyl groups excluding tert-OH is 1. The summed E-state index contributed by atoms with van der Waals surface area (Å²) in [5.74, 6) is 0.929. The van der Waals surface area contributed by atoms with Crippen LogP contribution in [-0.2, 0) is 11.3 Å². The number of aliphatic hydroxyl groups is 1. The first kappa shape index (κ1) is 17.0. The molecule has 0 aromatic heterocycles. The molecular formula is C16H27NO3. The summed E-state index contributed by atoms with van der Waals surface area (Å²) < 4.78 is 10.7. The van der Waals surface area contributed by atoms with Gasteiger partial charge in [0, 0.05) is 26.8 Å². The van der Waals surface area contributed by atoms with Crippen LogP contribution < -0.4 is 10.1 Å². The molecule has 0 bridgehead atoms. The van der Waals surface area contributed by atoms with E-state index >= 15 is 0 Å². The number of benzene rings is 1. The summed E-state index contributed by atoms with van der Waals surface area (Å²) in [6, 6.07) is 8.18. The third-order valence-corrected chi connectivity index (χ3v) is 3.03. The van der Waals surface area contributed by atoms with Gasteiger partial charge < -0.3 is 19.9 Å². The van der Waals surface area contributed by atoms with Crippen molar-refractivity contribution >= 4 is 0 Å². The molecule has 0 aliphatic carbocycles. The fraction of sp³-hybridized carbons (Fsp3) is 0.625. The first-order chi connectivity index (χ1) is 9.86. The Morgan fingerprint density at radius 3 is 2.75 bits per heavy atom. The number of rotatable bonds is 12. The van der Waals surface area contributed by atoms with E-state index in [4.69, 9.17) is 14.6 Å². The SMILES string of the molecule is COCCNCc1cccc(OCCCCCCO)c1. The van der Waals surface area contributed by atoms with Crippen molar-refractivity contribution in [3.8, 4) is 5.75 Å². The number of hydrogen-bond acceptors (Lipinski definition) is 4. The first-order valence-electron chi connectivity index (χ1n) is 7.39. The highest BCUT2D eigenvalue weighted by Gasteiger charge is 1.97. The van der Waals surface area contributed by atoms with Crippen LogP contribution in [0.5, 0.6) is 5.75 Å². The molecule has 4 nitrogen and oxygen atoms in total. The van der Waals surface area contributed by atoms with Gasteiger partial charge in [-0.2, -0.15) is 0 Å². The van der Waals surface area contributed by atoms with Crippen LogP contribution in [-0.4, -0.2) is 38.6 Å². The molecule has 1 rings (SSSR count). The Morgan fingerprint density at radius 1 is 1.10 bits per heavy atom. The summed E-state index contributed by atoms with van der Waals surface area (Å²) in [7, 11) is 1.71. The molecule has 0 saturated carbocycles. The van der Waals surface area contributed by atoms with E-state index in [1.807, 2.05) is 12.1 Å². The quantitative estimate of drug-likeness (QED) is 0.577. The van der Waals surface area contributed by atoms with Crippen molar-refractivity contribution in [1.29, 1.82) is 0 Å². The zero-order chi connectivity index (χ0) is 14.5. The van der Waals surface area contributed by atoms with Crippen molar-refractivity contribution in [3.63, 3.8) is 0 Å². The minimum atomic E-state index is 0.291. The maximum atomic E-state index is 8.69. The molecule has 20 heavy (non-hydrogen) atoms. The number of ether oxygens (including phenoxy) is 2. The molecule has 1 aromatic carbocycles. The molecule has 0 aliphatic rings. The largest absolute Gasteiger partial charge is 0.494 e. The molecule has 0 unspecified atom stereocenters. The van der Waals surface area contributed by atoms with E-state index in [1.165, 1.54) is 5.56 Å². The number of nitrogens with one attached hydrogen (secondary N) is 1. The molecule has 4 heteroatoms. The maximum absolute atomic E-state index is 8.69. The van der Waals surface area contributed by atoms with Crippen molar-refractivity contribution < 1.29 is 14.6 Å². The van der Waals surface area contributed by atoms with E-state index in [0.717, 1.165) is 57.7 Å². The fourth-order valence-electron chi connectivity index (χ4n) is 1.91. The maximum Gasteiger partial charge on any atom is 0.119 e. The van der Waals surface area contributed by atoms with Gasteiger partial charge in [-0.25, -0.2) is 0 Å². The van der Waals surface area contributed by atoms with Gasteiger partial charge in [0.1, 0.15) is 5.75 Å². The molecule has 0 amide bonds. The highest BCUT2D eigenvalue weighted by atomic mass is 16.5. The van der Waals surface area contributed by atoms with Crippen LogP contribution in [0.15, 0.2) is 24.3 Å². The van der Waals surface area contributed by atoms with Crippen LogP contribution in [0.25, 0.3) is 0 Å². The Kier molecular flexibility index (Phi) is 9.92. The van der Waals surface area contributed by atoms with Crippen molar-refractivity contribution in [3.05, 3.63) is 29.8 Å². The zero-order valence-corrected chi connectivity index (χ0v) is 12.4.